The fourth-order valence-corrected chi connectivity index (χ4v) is 10.8. The molecule has 0 spiro atoms. The van der Waals surface area contributed by atoms with E-state index in [0.29, 0.717) is 24.8 Å². The third kappa shape index (κ3) is 9.51. The van der Waals surface area contributed by atoms with E-state index < -0.39 is 26.7 Å². The van der Waals surface area contributed by atoms with Gasteiger partial charge < -0.3 is 23.4 Å². The summed E-state index contributed by atoms with van der Waals surface area (Å²) in [7, 11) is -2.91. The number of ether oxygens (including phenoxy) is 4. The average Bonchev–Trinajstić information content (AvgIpc) is 3.04. The summed E-state index contributed by atoms with van der Waals surface area (Å²) in [5.74, 6) is -0.802. The molecule has 0 bridgehead atoms. The maximum absolute atomic E-state index is 13.4. The number of carbonyl (C=O) groups is 2. The molecule has 0 amide bonds. The highest BCUT2D eigenvalue weighted by atomic mass is 28.4. The molecule has 1 unspecified atom stereocenters. The van der Waals surface area contributed by atoms with Gasteiger partial charge >= 0.3 is 11.9 Å². The molecule has 1 fully saturated rings. The topological polar surface area (TPSA) is 80.3 Å². The Bertz CT molecular complexity index is 1400. The van der Waals surface area contributed by atoms with Crippen molar-refractivity contribution in [3.8, 4) is 0 Å². The Kier molecular flexibility index (Phi) is 12.7. The molecular formula is C39H50O7Si. The molecule has 1 aliphatic rings. The van der Waals surface area contributed by atoms with Crippen LogP contribution in [0, 0.1) is 0 Å². The van der Waals surface area contributed by atoms with Gasteiger partial charge in [0.05, 0.1) is 30.0 Å². The lowest BCUT2D eigenvalue weighted by atomic mass is 10.0. The molecule has 1 heterocycles. The van der Waals surface area contributed by atoms with E-state index in [9.17, 15) is 9.59 Å². The predicted octanol–water partition coefficient (Wildman–Crippen LogP) is 6.99. The summed E-state index contributed by atoms with van der Waals surface area (Å²) in [5.41, 5.74) is 0.459. The number of carbonyl (C=O) groups excluding carboxylic acids is 2. The largest absolute Gasteiger partial charge is 0.460 e. The van der Waals surface area contributed by atoms with Crippen molar-refractivity contribution in [2.24, 2.45) is 0 Å². The first-order valence-corrected chi connectivity index (χ1v) is 18.5. The molecule has 7 nitrogen and oxygen atoms in total. The van der Waals surface area contributed by atoms with Gasteiger partial charge in [0.2, 0.25) is 0 Å². The van der Waals surface area contributed by atoms with E-state index in [-0.39, 0.29) is 35.4 Å². The van der Waals surface area contributed by atoms with Crippen LogP contribution in [0.5, 0.6) is 0 Å². The third-order valence-corrected chi connectivity index (χ3v) is 13.4. The summed E-state index contributed by atoms with van der Waals surface area (Å²) in [5, 5.41) is 2.10. The van der Waals surface area contributed by atoms with Gasteiger partial charge in [0, 0.05) is 12.5 Å². The van der Waals surface area contributed by atoms with Gasteiger partial charge in [-0.1, -0.05) is 106 Å². The minimum atomic E-state index is -2.91. The third-order valence-electron chi connectivity index (χ3n) is 8.37. The van der Waals surface area contributed by atoms with E-state index >= 15 is 0 Å². The lowest BCUT2D eigenvalue weighted by Gasteiger charge is -2.48. The van der Waals surface area contributed by atoms with Crippen molar-refractivity contribution in [2.45, 2.75) is 110 Å². The van der Waals surface area contributed by atoms with E-state index in [1.807, 2.05) is 58.0 Å². The molecule has 0 radical (unpaired) electrons. The van der Waals surface area contributed by atoms with Crippen LogP contribution in [0.25, 0.3) is 0 Å². The van der Waals surface area contributed by atoms with E-state index in [0.717, 1.165) is 0 Å². The Balaban J connectivity index is 1.59. The molecule has 8 heteroatoms. The smallest absolute Gasteiger partial charge is 0.338 e. The lowest BCUT2D eigenvalue weighted by Crippen LogP contribution is -2.69. The van der Waals surface area contributed by atoms with Crippen LogP contribution in [-0.2, 0) is 28.2 Å². The second-order valence-electron chi connectivity index (χ2n) is 13.5. The second-order valence-corrected chi connectivity index (χ2v) is 17.7. The van der Waals surface area contributed by atoms with Crippen LogP contribution >= 0.6 is 0 Å². The monoisotopic (exact) mass is 658 g/mol. The van der Waals surface area contributed by atoms with Gasteiger partial charge in [0.1, 0.15) is 0 Å². The summed E-state index contributed by atoms with van der Waals surface area (Å²) in [6, 6.07) is 29.9. The standard InChI is InChI=1S/C39H50O7Si/c1-28(2)42-36(40)26-18-17-19-29(3)43-38-35(45-37(41)31-20-11-8-12-21-31)27-34(30(4)44-38)46-47(39(5,6)7,32-22-13-9-14-23-32)33-24-15-10-16-25-33/h8-16,18,20-26,28-30,34-35,38H,17,19,27H2,1-7H3/b26-18+/t29-,30+,34?,35-,38-/m1/s1. The highest BCUT2D eigenvalue weighted by Crippen LogP contribution is 2.40. The number of hydrogen-bond donors (Lipinski definition) is 0. The Morgan fingerprint density at radius 2 is 1.43 bits per heavy atom. The normalized spacial score (nSPS) is 21.0. The van der Waals surface area contributed by atoms with Crippen molar-refractivity contribution in [3.63, 3.8) is 0 Å². The van der Waals surface area contributed by atoms with Crippen molar-refractivity contribution >= 4 is 30.6 Å². The predicted molar refractivity (Wildman–Crippen MR) is 187 cm³/mol. The zero-order valence-corrected chi connectivity index (χ0v) is 29.8. The molecule has 0 saturated carbocycles. The molecule has 4 rings (SSSR count). The maximum atomic E-state index is 13.4. The highest BCUT2D eigenvalue weighted by Gasteiger charge is 2.53. The van der Waals surface area contributed by atoms with Crippen molar-refractivity contribution in [2.75, 3.05) is 0 Å². The molecule has 0 aliphatic carbocycles. The zero-order valence-electron chi connectivity index (χ0n) is 28.8. The van der Waals surface area contributed by atoms with E-state index in [2.05, 4.69) is 69.3 Å². The van der Waals surface area contributed by atoms with Gasteiger partial charge in [-0.3, -0.25) is 0 Å². The summed E-state index contributed by atoms with van der Waals surface area (Å²) >= 11 is 0. The number of benzene rings is 3. The maximum Gasteiger partial charge on any atom is 0.338 e. The minimum absolute atomic E-state index is 0.167. The van der Waals surface area contributed by atoms with Gasteiger partial charge in [-0.25, -0.2) is 9.59 Å². The minimum Gasteiger partial charge on any atom is -0.460 e. The zero-order chi connectivity index (χ0) is 34.0. The quantitative estimate of drug-likeness (QED) is 0.111. The highest BCUT2D eigenvalue weighted by molar-refractivity contribution is 6.99. The molecule has 0 aromatic heterocycles. The summed E-state index contributed by atoms with van der Waals surface area (Å²) in [6.07, 6.45) is 2.28. The van der Waals surface area contributed by atoms with Crippen LogP contribution in [0.3, 0.4) is 0 Å². The molecule has 3 aromatic carbocycles. The van der Waals surface area contributed by atoms with Crippen molar-refractivity contribution in [1.29, 1.82) is 0 Å². The molecule has 47 heavy (non-hydrogen) atoms. The fraction of sp³-hybridized carbons (Fsp3) is 0.436. The average molecular weight is 659 g/mol. The molecule has 5 atom stereocenters. The second kappa shape index (κ2) is 16.5. The molecule has 0 N–H and O–H groups in total. The SMILES string of the molecule is CC(C)OC(=O)/C=C/CC[C@@H](C)O[C@@H]1O[C@@H](C)C(O[Si](c2ccccc2)(c2ccccc2)C(C)(C)C)C[C@H]1OC(=O)c1ccccc1. The van der Waals surface area contributed by atoms with Crippen LogP contribution in [-0.4, -0.2) is 57.1 Å². The van der Waals surface area contributed by atoms with Crippen LogP contribution in [0.1, 0.15) is 78.1 Å². The Labute approximate surface area is 281 Å². The van der Waals surface area contributed by atoms with Gasteiger partial charge in [-0.2, -0.15) is 0 Å². The Morgan fingerprint density at radius 3 is 1.96 bits per heavy atom. The first-order valence-electron chi connectivity index (χ1n) is 16.6. The van der Waals surface area contributed by atoms with Gasteiger partial charge in [-0.15, -0.1) is 0 Å². The number of hydrogen-bond acceptors (Lipinski definition) is 7. The van der Waals surface area contributed by atoms with Crippen LogP contribution < -0.4 is 10.4 Å². The Hall–Kier alpha value is -3.56. The first kappa shape index (κ1) is 36.3. The summed E-state index contributed by atoms with van der Waals surface area (Å²) in [6.45, 7) is 14.3. The van der Waals surface area contributed by atoms with E-state index in [1.54, 1.807) is 18.2 Å². The van der Waals surface area contributed by atoms with Crippen LogP contribution in [0.2, 0.25) is 5.04 Å². The van der Waals surface area contributed by atoms with Crippen LogP contribution in [0.4, 0.5) is 0 Å². The van der Waals surface area contributed by atoms with Crippen molar-refractivity contribution in [3.05, 3.63) is 109 Å². The van der Waals surface area contributed by atoms with Crippen molar-refractivity contribution in [1.82, 2.24) is 0 Å². The van der Waals surface area contributed by atoms with E-state index in [4.69, 9.17) is 23.4 Å². The molecule has 1 saturated heterocycles. The fourth-order valence-electron chi connectivity index (χ4n) is 6.06. The molecule has 3 aromatic rings. The van der Waals surface area contributed by atoms with E-state index in [1.165, 1.54) is 16.4 Å². The Morgan fingerprint density at radius 1 is 0.872 bits per heavy atom. The number of rotatable bonds is 13. The van der Waals surface area contributed by atoms with Crippen LogP contribution in [0.15, 0.2) is 103 Å². The molecule has 1 aliphatic heterocycles. The van der Waals surface area contributed by atoms with Gasteiger partial charge in [-0.05, 0) is 68.1 Å². The number of allylic oxidation sites excluding steroid dienone is 1. The molecular weight excluding hydrogens is 609 g/mol. The first-order chi connectivity index (χ1) is 22.4. The lowest BCUT2D eigenvalue weighted by molar-refractivity contribution is -0.270. The van der Waals surface area contributed by atoms with Crippen molar-refractivity contribution < 1.29 is 33.0 Å². The number of esters is 2. The van der Waals surface area contributed by atoms with Gasteiger partial charge in [0.25, 0.3) is 8.32 Å². The molecule has 252 valence electrons. The summed E-state index contributed by atoms with van der Waals surface area (Å²) < 4.78 is 31.7. The summed E-state index contributed by atoms with van der Waals surface area (Å²) in [4.78, 5) is 25.2. The van der Waals surface area contributed by atoms with Gasteiger partial charge in [0.15, 0.2) is 12.4 Å².